The molecule has 5 rings (SSSR count). The second-order valence-corrected chi connectivity index (χ2v) is 10.0. The third kappa shape index (κ3) is 3.97. The van der Waals surface area contributed by atoms with Crippen LogP contribution in [0.1, 0.15) is 41.9 Å². The molecule has 0 unspecified atom stereocenters. The van der Waals surface area contributed by atoms with Crippen molar-refractivity contribution < 1.29 is 4.79 Å². The number of rotatable bonds is 6. The van der Waals surface area contributed by atoms with Gasteiger partial charge in [0.25, 0.3) is 5.56 Å². The predicted octanol–water partition coefficient (Wildman–Crippen LogP) is 2.84. The number of amides is 1. The quantitative estimate of drug-likeness (QED) is 0.464. The number of nitrogens with zero attached hydrogens (tertiary/aromatic N) is 4. The lowest BCUT2D eigenvalue weighted by atomic mass is 9.97. The maximum atomic E-state index is 12.7. The van der Waals surface area contributed by atoms with Crippen LogP contribution < -0.4 is 10.9 Å². The van der Waals surface area contributed by atoms with Gasteiger partial charge in [0.2, 0.25) is 5.91 Å². The Kier molecular flexibility index (Phi) is 5.49. The van der Waals surface area contributed by atoms with Gasteiger partial charge in [-0.2, -0.15) is 0 Å². The molecule has 1 aliphatic rings. The van der Waals surface area contributed by atoms with E-state index in [2.05, 4.69) is 25.5 Å². The highest BCUT2D eigenvalue weighted by atomic mass is 32.2. The number of carbonyl (C=O) groups excluding carboxylic acids is 1. The van der Waals surface area contributed by atoms with E-state index in [1.54, 1.807) is 11.3 Å². The fourth-order valence-electron chi connectivity index (χ4n) is 3.88. The number of aryl methyl sites for hydroxylation is 2. The Bertz CT molecular complexity index is 1320. The Morgan fingerprint density at radius 1 is 1.32 bits per heavy atom. The molecule has 2 N–H and O–H groups in total. The van der Waals surface area contributed by atoms with E-state index in [0.29, 0.717) is 23.9 Å². The summed E-state index contributed by atoms with van der Waals surface area (Å²) in [5.74, 6) is 1.67. The van der Waals surface area contributed by atoms with Crippen LogP contribution in [0.15, 0.2) is 29.2 Å². The summed E-state index contributed by atoms with van der Waals surface area (Å²) in [4.78, 5) is 34.9. The highest BCUT2D eigenvalue weighted by Gasteiger charge is 2.20. The Hall–Kier alpha value is -2.72. The average molecular weight is 455 g/mol. The first-order chi connectivity index (χ1) is 15.1. The maximum Gasteiger partial charge on any atom is 0.259 e. The zero-order valence-corrected chi connectivity index (χ0v) is 18.7. The molecule has 4 aromatic heterocycles. The molecule has 4 heterocycles. The lowest BCUT2D eigenvalue weighted by Crippen LogP contribution is -2.31. The van der Waals surface area contributed by atoms with E-state index >= 15 is 0 Å². The third-order valence-electron chi connectivity index (χ3n) is 5.52. The van der Waals surface area contributed by atoms with Crippen molar-refractivity contribution in [3.8, 4) is 0 Å². The van der Waals surface area contributed by atoms with Crippen molar-refractivity contribution in [3.63, 3.8) is 0 Å². The molecule has 1 aliphatic carbocycles. The summed E-state index contributed by atoms with van der Waals surface area (Å²) < 4.78 is 1.85. The molecule has 0 saturated carbocycles. The molecule has 8 nitrogen and oxygen atoms in total. The number of H-pyrrole nitrogens is 1. The minimum atomic E-state index is -0.295. The number of carbonyl (C=O) groups is 1. The molecular weight excluding hydrogens is 432 g/mol. The van der Waals surface area contributed by atoms with Crippen LogP contribution in [0.4, 0.5) is 0 Å². The molecule has 1 amide bonds. The molecule has 0 aliphatic heterocycles. The molecular formula is C21H22N6O2S2. The Balaban J connectivity index is 1.22. The smallest absolute Gasteiger partial charge is 0.259 e. The first-order valence-corrected chi connectivity index (χ1v) is 12.2. The van der Waals surface area contributed by atoms with Gasteiger partial charge in [-0.3, -0.25) is 14.0 Å². The van der Waals surface area contributed by atoms with E-state index in [9.17, 15) is 9.59 Å². The number of fused-ring (bicyclic) bond motifs is 4. The van der Waals surface area contributed by atoms with Crippen LogP contribution in [0.2, 0.25) is 0 Å². The van der Waals surface area contributed by atoms with Gasteiger partial charge in [-0.05, 0) is 50.3 Å². The number of pyridine rings is 1. The lowest BCUT2D eigenvalue weighted by Gasteiger charge is -2.11. The highest BCUT2D eigenvalue weighted by Crippen LogP contribution is 2.33. The van der Waals surface area contributed by atoms with Gasteiger partial charge in [-0.1, -0.05) is 6.07 Å². The maximum absolute atomic E-state index is 12.7. The Morgan fingerprint density at radius 2 is 2.19 bits per heavy atom. The molecule has 0 aromatic carbocycles. The van der Waals surface area contributed by atoms with Gasteiger partial charge in [0.1, 0.15) is 10.7 Å². The predicted molar refractivity (Wildman–Crippen MR) is 122 cm³/mol. The van der Waals surface area contributed by atoms with Gasteiger partial charge in [0, 0.05) is 11.1 Å². The minimum absolute atomic E-state index is 0.0595. The molecule has 0 spiro atoms. The SMILES string of the molecule is C[C@H](SCc1nc2sc3c(c2c(=O)[nH]1)CCCC3)C(=O)NCc1nnc2ccccn12. The minimum Gasteiger partial charge on any atom is -0.348 e. The van der Waals surface area contributed by atoms with E-state index in [1.165, 1.54) is 28.6 Å². The summed E-state index contributed by atoms with van der Waals surface area (Å²) in [6, 6.07) is 5.66. The van der Waals surface area contributed by atoms with Crippen molar-refractivity contribution in [2.24, 2.45) is 0 Å². The third-order valence-corrected chi connectivity index (χ3v) is 7.86. The fourth-order valence-corrected chi connectivity index (χ4v) is 5.94. The van der Waals surface area contributed by atoms with E-state index in [-0.39, 0.29) is 16.7 Å². The van der Waals surface area contributed by atoms with Gasteiger partial charge < -0.3 is 10.3 Å². The van der Waals surface area contributed by atoms with E-state index in [4.69, 9.17) is 0 Å². The van der Waals surface area contributed by atoms with Crippen LogP contribution >= 0.6 is 23.1 Å². The molecule has 31 heavy (non-hydrogen) atoms. The number of aromatic amines is 1. The number of thioether (sulfide) groups is 1. The second-order valence-electron chi connectivity index (χ2n) is 7.62. The van der Waals surface area contributed by atoms with Gasteiger partial charge in [0.05, 0.1) is 22.9 Å². The van der Waals surface area contributed by atoms with Gasteiger partial charge in [-0.15, -0.1) is 33.3 Å². The first-order valence-electron chi connectivity index (χ1n) is 10.3. The molecule has 10 heteroatoms. The van der Waals surface area contributed by atoms with Gasteiger partial charge >= 0.3 is 0 Å². The fraction of sp³-hybridized carbons (Fsp3) is 0.381. The van der Waals surface area contributed by atoms with Crippen LogP contribution in [-0.4, -0.2) is 35.7 Å². The molecule has 0 saturated heterocycles. The summed E-state index contributed by atoms with van der Waals surface area (Å²) >= 11 is 3.09. The van der Waals surface area contributed by atoms with Crippen molar-refractivity contribution in [1.29, 1.82) is 0 Å². The number of hydrogen-bond acceptors (Lipinski definition) is 7. The molecule has 0 radical (unpaired) electrons. The van der Waals surface area contributed by atoms with E-state index in [1.807, 2.05) is 35.7 Å². The summed E-state index contributed by atoms with van der Waals surface area (Å²) in [5.41, 5.74) is 1.87. The van der Waals surface area contributed by atoms with Crippen molar-refractivity contribution >= 4 is 44.9 Å². The monoisotopic (exact) mass is 454 g/mol. The van der Waals surface area contributed by atoms with Crippen molar-refractivity contribution in [3.05, 3.63) is 56.8 Å². The standard InChI is InChI=1S/C21H22N6O2S2/c1-12(19(28)22-10-17-26-25-16-8-4-5-9-27(16)17)30-11-15-23-20(29)18-13-6-2-3-7-14(13)31-21(18)24-15/h4-5,8-9,12H,2-3,6-7,10-11H2,1H3,(H,22,28)(H,23,24,29)/t12-/m0/s1. The number of thiophene rings is 1. The van der Waals surface area contributed by atoms with Crippen molar-refractivity contribution in [2.75, 3.05) is 0 Å². The summed E-state index contributed by atoms with van der Waals surface area (Å²) in [7, 11) is 0. The molecule has 160 valence electrons. The van der Waals surface area contributed by atoms with Crippen molar-refractivity contribution in [1.82, 2.24) is 29.9 Å². The Morgan fingerprint density at radius 3 is 3.10 bits per heavy atom. The van der Waals surface area contributed by atoms with Crippen LogP contribution in [0.3, 0.4) is 0 Å². The van der Waals surface area contributed by atoms with E-state index < -0.39 is 0 Å². The normalized spacial score (nSPS) is 14.6. The van der Waals surface area contributed by atoms with Crippen LogP contribution in [-0.2, 0) is 29.9 Å². The first kappa shape index (κ1) is 20.2. The van der Waals surface area contributed by atoms with Crippen molar-refractivity contribution in [2.45, 2.75) is 50.2 Å². The number of aromatic nitrogens is 5. The topological polar surface area (TPSA) is 105 Å². The highest BCUT2D eigenvalue weighted by molar-refractivity contribution is 7.99. The van der Waals surface area contributed by atoms with Gasteiger partial charge in [-0.25, -0.2) is 4.98 Å². The number of hydrogen-bond donors (Lipinski definition) is 2. The molecule has 1 atom stereocenters. The second kappa shape index (κ2) is 8.43. The summed E-state index contributed by atoms with van der Waals surface area (Å²) in [6.07, 6.45) is 6.19. The molecule has 4 aromatic rings. The molecule has 0 bridgehead atoms. The summed E-state index contributed by atoms with van der Waals surface area (Å²) in [6.45, 7) is 2.15. The zero-order valence-electron chi connectivity index (χ0n) is 17.1. The Labute approximate surface area is 186 Å². The average Bonchev–Trinajstić information content (AvgIpc) is 3.37. The largest absolute Gasteiger partial charge is 0.348 e. The number of nitrogens with one attached hydrogen (secondary N) is 2. The van der Waals surface area contributed by atoms with Crippen LogP contribution in [0.25, 0.3) is 15.9 Å². The zero-order chi connectivity index (χ0) is 21.4. The van der Waals surface area contributed by atoms with E-state index in [0.717, 1.165) is 35.1 Å². The van der Waals surface area contributed by atoms with Gasteiger partial charge in [0.15, 0.2) is 11.5 Å². The van der Waals surface area contributed by atoms with Crippen LogP contribution in [0.5, 0.6) is 0 Å². The lowest BCUT2D eigenvalue weighted by molar-refractivity contribution is -0.120. The summed E-state index contributed by atoms with van der Waals surface area (Å²) in [5, 5.41) is 11.6. The van der Waals surface area contributed by atoms with Crippen LogP contribution in [0, 0.1) is 0 Å². The molecule has 0 fully saturated rings.